The third-order valence-corrected chi connectivity index (χ3v) is 8.33. The van der Waals surface area contributed by atoms with Gasteiger partial charge in [0, 0.05) is 42.2 Å². The van der Waals surface area contributed by atoms with Gasteiger partial charge in [0.15, 0.2) is 9.84 Å². The van der Waals surface area contributed by atoms with Gasteiger partial charge in [-0.1, -0.05) is 26.8 Å². The van der Waals surface area contributed by atoms with E-state index in [9.17, 15) is 23.1 Å². The second kappa shape index (κ2) is 11.1. The van der Waals surface area contributed by atoms with Gasteiger partial charge in [-0.15, -0.1) is 0 Å². The Balaban J connectivity index is 1.65. The molecular weight excluding hydrogens is 592 g/mol. The number of aromatic nitrogens is 4. The number of sulfone groups is 1. The molecule has 228 valence electrons. The second-order valence-electron chi connectivity index (χ2n) is 11.4. The second-order valence-corrected chi connectivity index (χ2v) is 13.5. The molecule has 0 amide bonds. The van der Waals surface area contributed by atoms with Crippen LogP contribution in [-0.4, -0.2) is 39.1 Å². The first-order chi connectivity index (χ1) is 20.6. The lowest BCUT2D eigenvalue weighted by Gasteiger charge is -2.20. The number of halogens is 2. The number of nitrogens with zero attached hydrogens (tertiary/aromatic N) is 4. The summed E-state index contributed by atoms with van der Waals surface area (Å²) < 4.78 is 56.2. The number of hydrogen-bond donors (Lipinski definition) is 2. The molecule has 5 aromatic rings. The van der Waals surface area contributed by atoms with E-state index in [0.717, 1.165) is 23.2 Å². The smallest absolute Gasteiger partial charge is 0.282 e. The Morgan fingerprint density at radius 2 is 1.70 bits per heavy atom. The molecular formula is C31H29F2N5O5S. The lowest BCUT2D eigenvalue weighted by Crippen LogP contribution is -2.25. The van der Waals surface area contributed by atoms with Crippen LogP contribution in [0.2, 0.25) is 0 Å². The lowest BCUT2D eigenvalue weighted by molar-refractivity contribution is 0.281. The minimum Gasteiger partial charge on any atom is -0.392 e. The summed E-state index contributed by atoms with van der Waals surface area (Å²) in [5.74, 6) is -1.46. The number of fused-ring (bicyclic) bond motifs is 1. The molecule has 3 heterocycles. The van der Waals surface area contributed by atoms with Gasteiger partial charge < -0.3 is 15.0 Å². The van der Waals surface area contributed by atoms with Crippen LogP contribution < -0.4 is 16.4 Å². The third kappa shape index (κ3) is 5.63. The van der Waals surface area contributed by atoms with Crippen LogP contribution >= 0.6 is 0 Å². The van der Waals surface area contributed by atoms with Crippen molar-refractivity contribution in [3.8, 4) is 16.8 Å². The molecule has 5 rings (SSSR count). The number of pyridine rings is 2. The number of rotatable bonds is 6. The SMILES string of the molecule is Cn1cc(-c2ccc(F)c(-n3ncc4cc(C(C)(C)C)cc(F)c4c3=O)c2CO)cc(Nc2ccc(S(C)(=O)=O)cn2)c1=O. The van der Waals surface area contributed by atoms with E-state index in [1.54, 1.807) is 6.07 Å². The highest BCUT2D eigenvalue weighted by Gasteiger charge is 2.23. The Hall–Kier alpha value is -4.75. The van der Waals surface area contributed by atoms with Crippen LogP contribution in [0.4, 0.5) is 20.3 Å². The van der Waals surface area contributed by atoms with Crippen molar-refractivity contribution in [2.75, 3.05) is 11.6 Å². The van der Waals surface area contributed by atoms with Crippen LogP contribution in [0, 0.1) is 11.6 Å². The quantitative estimate of drug-likeness (QED) is 0.286. The first-order valence-electron chi connectivity index (χ1n) is 13.4. The maximum atomic E-state index is 15.4. The number of aliphatic hydroxyl groups excluding tert-OH is 1. The van der Waals surface area contributed by atoms with E-state index in [-0.39, 0.29) is 44.0 Å². The largest absolute Gasteiger partial charge is 0.392 e. The Morgan fingerprint density at radius 3 is 2.32 bits per heavy atom. The summed E-state index contributed by atoms with van der Waals surface area (Å²) in [5, 5.41) is 17.4. The summed E-state index contributed by atoms with van der Waals surface area (Å²) >= 11 is 0. The van der Waals surface area contributed by atoms with Crippen LogP contribution in [0.15, 0.2) is 75.5 Å². The standard InChI is InChI=1S/C31H29F2N5O5S/c1-31(2,3)19-10-17-13-35-38(30(41)27(17)24(33)12-19)28-22(16-39)21(7-8-23(28)32)18-11-25(29(40)37(4)15-18)36-26-9-6-20(14-34-26)44(5,42)43/h6-15,39H,16H2,1-5H3,(H,34,36). The van der Waals surface area contributed by atoms with Crippen LogP contribution in [0.3, 0.4) is 0 Å². The summed E-state index contributed by atoms with van der Waals surface area (Å²) in [4.78, 5) is 30.5. The fourth-order valence-electron chi connectivity index (χ4n) is 4.85. The van der Waals surface area contributed by atoms with Gasteiger partial charge in [0.2, 0.25) is 0 Å². The van der Waals surface area contributed by atoms with Gasteiger partial charge in [-0.05, 0) is 52.9 Å². The molecule has 0 atom stereocenters. The first kappa shape index (κ1) is 30.7. The molecule has 0 unspecified atom stereocenters. The van der Waals surface area contributed by atoms with E-state index >= 15 is 8.78 Å². The molecule has 10 nitrogen and oxygen atoms in total. The molecule has 0 fully saturated rings. The van der Waals surface area contributed by atoms with Crippen LogP contribution in [0.1, 0.15) is 31.9 Å². The van der Waals surface area contributed by atoms with Crippen LogP contribution in [-0.2, 0) is 28.9 Å². The lowest BCUT2D eigenvalue weighted by atomic mass is 9.86. The molecule has 0 saturated heterocycles. The van der Waals surface area contributed by atoms with Crippen molar-refractivity contribution in [3.63, 3.8) is 0 Å². The molecule has 0 radical (unpaired) electrons. The van der Waals surface area contributed by atoms with Gasteiger partial charge in [0.1, 0.15) is 28.8 Å². The zero-order valence-corrected chi connectivity index (χ0v) is 25.3. The molecule has 0 aliphatic rings. The van der Waals surface area contributed by atoms with Gasteiger partial charge in [-0.2, -0.15) is 9.78 Å². The number of aliphatic hydroxyl groups is 1. The van der Waals surface area contributed by atoms with Crippen molar-refractivity contribution >= 4 is 32.1 Å². The van der Waals surface area contributed by atoms with Crippen molar-refractivity contribution in [1.82, 2.24) is 19.3 Å². The Bertz CT molecular complexity index is 2170. The van der Waals surface area contributed by atoms with E-state index in [4.69, 9.17) is 0 Å². The minimum absolute atomic E-state index is 0.00296. The normalized spacial score (nSPS) is 12.1. The van der Waals surface area contributed by atoms with Crippen molar-refractivity contribution in [3.05, 3.63) is 105 Å². The fraction of sp³-hybridized carbons (Fsp3) is 0.226. The average molecular weight is 622 g/mol. The number of aryl methyl sites for hydroxylation is 1. The Labute approximate surface area is 251 Å². The van der Waals surface area contributed by atoms with E-state index in [1.165, 1.54) is 54.3 Å². The highest BCUT2D eigenvalue weighted by atomic mass is 32.2. The molecule has 0 aliphatic carbocycles. The minimum atomic E-state index is -3.47. The molecule has 0 spiro atoms. The van der Waals surface area contributed by atoms with Gasteiger partial charge in [-0.25, -0.2) is 22.2 Å². The predicted molar refractivity (Wildman–Crippen MR) is 163 cm³/mol. The maximum absolute atomic E-state index is 15.4. The van der Waals surface area contributed by atoms with Gasteiger partial charge >= 0.3 is 0 Å². The molecule has 13 heteroatoms. The van der Waals surface area contributed by atoms with E-state index < -0.39 is 44.6 Å². The van der Waals surface area contributed by atoms with Crippen molar-refractivity contribution < 1.29 is 22.3 Å². The predicted octanol–water partition coefficient (Wildman–Crippen LogP) is 4.36. The molecule has 0 saturated carbocycles. The summed E-state index contributed by atoms with van der Waals surface area (Å²) in [7, 11) is -1.98. The van der Waals surface area contributed by atoms with Crippen molar-refractivity contribution in [1.29, 1.82) is 0 Å². The highest BCUT2D eigenvalue weighted by Crippen LogP contribution is 2.32. The topological polar surface area (TPSA) is 136 Å². The van der Waals surface area contributed by atoms with Gasteiger partial charge in [0.25, 0.3) is 11.1 Å². The summed E-state index contributed by atoms with van der Waals surface area (Å²) in [6.45, 7) is 4.99. The molecule has 0 aliphatic heterocycles. The van der Waals surface area contributed by atoms with Crippen LogP contribution in [0.25, 0.3) is 27.6 Å². The summed E-state index contributed by atoms with van der Waals surface area (Å²) in [6.07, 6.45) is 4.95. The van der Waals surface area contributed by atoms with Gasteiger partial charge in [-0.3, -0.25) is 9.59 Å². The first-order valence-corrected chi connectivity index (χ1v) is 15.3. The summed E-state index contributed by atoms with van der Waals surface area (Å²) in [6, 6.07) is 9.61. The Morgan fingerprint density at radius 1 is 0.977 bits per heavy atom. The number of anilines is 2. The maximum Gasteiger partial charge on any atom is 0.282 e. The molecule has 44 heavy (non-hydrogen) atoms. The van der Waals surface area contributed by atoms with E-state index in [1.807, 2.05) is 20.8 Å². The molecule has 2 N–H and O–H groups in total. The van der Waals surface area contributed by atoms with Gasteiger partial charge in [0.05, 0.1) is 23.1 Å². The van der Waals surface area contributed by atoms with Crippen molar-refractivity contribution in [2.45, 2.75) is 37.7 Å². The summed E-state index contributed by atoms with van der Waals surface area (Å²) in [5.41, 5.74) is -0.784. The molecule has 0 bridgehead atoms. The monoisotopic (exact) mass is 621 g/mol. The number of nitrogens with one attached hydrogen (secondary N) is 1. The average Bonchev–Trinajstić information content (AvgIpc) is 2.94. The third-order valence-electron chi connectivity index (χ3n) is 7.23. The molecule has 3 aromatic heterocycles. The van der Waals surface area contributed by atoms with E-state index in [2.05, 4.69) is 15.4 Å². The number of hydrogen-bond acceptors (Lipinski definition) is 8. The molecule has 2 aromatic carbocycles. The van der Waals surface area contributed by atoms with E-state index in [0.29, 0.717) is 11.1 Å². The zero-order valence-electron chi connectivity index (χ0n) is 24.5. The highest BCUT2D eigenvalue weighted by molar-refractivity contribution is 7.90. The zero-order chi connectivity index (χ0) is 32.1. The Kier molecular flexibility index (Phi) is 7.72. The fourth-order valence-corrected chi connectivity index (χ4v) is 5.41. The van der Waals surface area contributed by atoms with Crippen LogP contribution in [0.5, 0.6) is 0 Å². The van der Waals surface area contributed by atoms with Crippen molar-refractivity contribution in [2.24, 2.45) is 7.05 Å². The number of benzene rings is 2.